The Morgan fingerprint density at radius 3 is 1.59 bits per heavy atom. The van der Waals surface area contributed by atoms with Crippen molar-refractivity contribution in [2.75, 3.05) is 13.1 Å². The van der Waals surface area contributed by atoms with Gasteiger partial charge in [0, 0.05) is 12.8 Å². The van der Waals surface area contributed by atoms with E-state index in [9.17, 15) is 0 Å². The van der Waals surface area contributed by atoms with E-state index in [2.05, 4.69) is 12.1 Å². The van der Waals surface area contributed by atoms with Crippen molar-refractivity contribution in [2.45, 2.75) is 51.4 Å². The molecule has 1 aromatic heterocycles. The van der Waals surface area contributed by atoms with Crippen LogP contribution >= 0.6 is 0 Å². The maximum atomic E-state index is 5.78. The van der Waals surface area contributed by atoms with Crippen molar-refractivity contribution < 1.29 is 4.42 Å². The van der Waals surface area contributed by atoms with Crippen LogP contribution in [0, 0.1) is 0 Å². The van der Waals surface area contributed by atoms with Gasteiger partial charge in [0.15, 0.2) is 0 Å². The van der Waals surface area contributed by atoms with Crippen molar-refractivity contribution in [3.63, 3.8) is 0 Å². The standard InChI is InChI=1S/C14H26N2O/c15-11-5-1-3-7-13-9-10-14(17-13)8-4-2-6-12-16/h9-10H,1-8,11-12,15-16H2. The summed E-state index contributed by atoms with van der Waals surface area (Å²) in [5.74, 6) is 2.24. The minimum atomic E-state index is 0.796. The molecule has 1 heterocycles. The number of nitrogens with two attached hydrogens (primary N) is 2. The van der Waals surface area contributed by atoms with Crippen LogP contribution in [0.1, 0.15) is 50.0 Å². The minimum absolute atomic E-state index is 0.796. The Bertz CT molecular complexity index is 257. The summed E-state index contributed by atoms with van der Waals surface area (Å²) in [5, 5.41) is 0. The van der Waals surface area contributed by atoms with Crippen LogP contribution in [0.3, 0.4) is 0 Å². The summed E-state index contributed by atoms with van der Waals surface area (Å²) in [6.07, 6.45) is 9.08. The lowest BCUT2D eigenvalue weighted by atomic mass is 10.1. The second-order valence-electron chi connectivity index (χ2n) is 4.57. The smallest absolute Gasteiger partial charge is 0.104 e. The van der Waals surface area contributed by atoms with Gasteiger partial charge in [-0.25, -0.2) is 0 Å². The number of aryl methyl sites for hydroxylation is 2. The van der Waals surface area contributed by atoms with Gasteiger partial charge in [-0.05, 0) is 50.9 Å². The highest BCUT2D eigenvalue weighted by molar-refractivity contribution is 5.07. The Kier molecular flexibility index (Phi) is 7.76. The van der Waals surface area contributed by atoms with E-state index in [1.807, 2.05) is 0 Å². The third-order valence-corrected chi connectivity index (χ3v) is 2.97. The molecule has 0 aliphatic rings. The maximum absolute atomic E-state index is 5.78. The summed E-state index contributed by atoms with van der Waals surface area (Å²) >= 11 is 0. The molecule has 0 saturated heterocycles. The van der Waals surface area contributed by atoms with Gasteiger partial charge in [0.25, 0.3) is 0 Å². The highest BCUT2D eigenvalue weighted by Crippen LogP contribution is 2.14. The van der Waals surface area contributed by atoms with E-state index >= 15 is 0 Å². The second kappa shape index (κ2) is 9.25. The Hall–Kier alpha value is -0.800. The quantitative estimate of drug-likeness (QED) is 0.616. The molecule has 0 amide bonds. The molecule has 0 atom stereocenters. The fraction of sp³-hybridized carbons (Fsp3) is 0.714. The van der Waals surface area contributed by atoms with E-state index in [0.717, 1.165) is 50.3 Å². The van der Waals surface area contributed by atoms with Crippen LogP contribution in [0.25, 0.3) is 0 Å². The van der Waals surface area contributed by atoms with Crippen molar-refractivity contribution >= 4 is 0 Å². The Balaban J connectivity index is 2.14. The number of hydrogen-bond donors (Lipinski definition) is 2. The SMILES string of the molecule is NCCCCCc1ccc(CCCCCN)o1. The van der Waals surface area contributed by atoms with Gasteiger partial charge in [-0.1, -0.05) is 12.8 Å². The summed E-state index contributed by atoms with van der Waals surface area (Å²) in [5.41, 5.74) is 10.9. The van der Waals surface area contributed by atoms with Gasteiger partial charge in [0.2, 0.25) is 0 Å². The number of hydrogen-bond acceptors (Lipinski definition) is 3. The molecule has 0 bridgehead atoms. The zero-order valence-corrected chi connectivity index (χ0v) is 10.8. The average molecular weight is 238 g/mol. The third kappa shape index (κ3) is 6.49. The highest BCUT2D eigenvalue weighted by Gasteiger charge is 2.01. The molecule has 0 aliphatic heterocycles. The van der Waals surface area contributed by atoms with Gasteiger partial charge < -0.3 is 15.9 Å². The first kappa shape index (κ1) is 14.3. The lowest BCUT2D eigenvalue weighted by molar-refractivity contribution is 0.448. The summed E-state index contributed by atoms with van der Waals surface area (Å²) in [4.78, 5) is 0. The van der Waals surface area contributed by atoms with Crippen molar-refractivity contribution in [1.82, 2.24) is 0 Å². The van der Waals surface area contributed by atoms with E-state index in [4.69, 9.17) is 15.9 Å². The molecule has 98 valence electrons. The molecule has 0 spiro atoms. The summed E-state index contributed by atoms with van der Waals surface area (Å²) < 4.78 is 5.78. The lowest BCUT2D eigenvalue weighted by Gasteiger charge is -1.98. The Labute approximate surface area is 105 Å². The lowest BCUT2D eigenvalue weighted by Crippen LogP contribution is -1.98. The predicted molar refractivity (Wildman–Crippen MR) is 71.9 cm³/mol. The molecule has 0 radical (unpaired) electrons. The molecule has 0 unspecified atom stereocenters. The highest BCUT2D eigenvalue weighted by atomic mass is 16.3. The molecule has 3 nitrogen and oxygen atoms in total. The predicted octanol–water partition coefficient (Wildman–Crippen LogP) is 2.62. The zero-order valence-electron chi connectivity index (χ0n) is 10.8. The molecular formula is C14H26N2O. The maximum Gasteiger partial charge on any atom is 0.104 e. The molecule has 1 rings (SSSR count). The van der Waals surface area contributed by atoms with Crippen LogP contribution in [0.15, 0.2) is 16.5 Å². The van der Waals surface area contributed by atoms with Gasteiger partial charge in [0.1, 0.15) is 11.5 Å². The average Bonchev–Trinajstić information content (AvgIpc) is 2.78. The van der Waals surface area contributed by atoms with E-state index in [1.165, 1.54) is 25.7 Å². The zero-order chi connectivity index (χ0) is 12.3. The van der Waals surface area contributed by atoms with Gasteiger partial charge in [0.05, 0.1) is 0 Å². The first-order valence-electron chi connectivity index (χ1n) is 6.84. The molecule has 0 fully saturated rings. The first-order chi connectivity index (χ1) is 8.36. The third-order valence-electron chi connectivity index (χ3n) is 2.97. The summed E-state index contributed by atoms with van der Waals surface area (Å²) in [6.45, 7) is 1.59. The van der Waals surface area contributed by atoms with Crippen LogP contribution in [0.4, 0.5) is 0 Å². The van der Waals surface area contributed by atoms with E-state index < -0.39 is 0 Å². The van der Waals surface area contributed by atoms with Gasteiger partial charge in [-0.2, -0.15) is 0 Å². The normalized spacial score (nSPS) is 10.9. The Morgan fingerprint density at radius 2 is 1.18 bits per heavy atom. The largest absolute Gasteiger partial charge is 0.466 e. The van der Waals surface area contributed by atoms with Crippen molar-refractivity contribution in [2.24, 2.45) is 11.5 Å². The van der Waals surface area contributed by atoms with E-state index in [-0.39, 0.29) is 0 Å². The fourth-order valence-corrected chi connectivity index (χ4v) is 1.93. The van der Waals surface area contributed by atoms with Crippen LogP contribution in [-0.2, 0) is 12.8 Å². The van der Waals surface area contributed by atoms with Gasteiger partial charge >= 0.3 is 0 Å². The molecule has 17 heavy (non-hydrogen) atoms. The minimum Gasteiger partial charge on any atom is -0.466 e. The molecule has 3 heteroatoms. The van der Waals surface area contributed by atoms with Gasteiger partial charge in [-0.15, -0.1) is 0 Å². The molecule has 4 N–H and O–H groups in total. The van der Waals surface area contributed by atoms with Crippen LogP contribution in [-0.4, -0.2) is 13.1 Å². The molecule has 0 aromatic carbocycles. The molecule has 0 aliphatic carbocycles. The number of unbranched alkanes of at least 4 members (excludes halogenated alkanes) is 4. The summed E-state index contributed by atoms with van der Waals surface area (Å²) in [6, 6.07) is 4.22. The first-order valence-corrected chi connectivity index (χ1v) is 6.84. The van der Waals surface area contributed by atoms with Crippen molar-refractivity contribution in [3.05, 3.63) is 23.7 Å². The van der Waals surface area contributed by atoms with Crippen LogP contribution in [0.2, 0.25) is 0 Å². The van der Waals surface area contributed by atoms with Crippen molar-refractivity contribution in [3.8, 4) is 0 Å². The van der Waals surface area contributed by atoms with E-state index in [0.29, 0.717) is 0 Å². The van der Waals surface area contributed by atoms with Crippen LogP contribution in [0.5, 0.6) is 0 Å². The van der Waals surface area contributed by atoms with Crippen molar-refractivity contribution in [1.29, 1.82) is 0 Å². The Morgan fingerprint density at radius 1 is 0.706 bits per heavy atom. The second-order valence-corrected chi connectivity index (χ2v) is 4.57. The van der Waals surface area contributed by atoms with Gasteiger partial charge in [-0.3, -0.25) is 0 Å². The number of rotatable bonds is 10. The number of furan rings is 1. The molecule has 0 saturated carbocycles. The van der Waals surface area contributed by atoms with Crippen LogP contribution < -0.4 is 11.5 Å². The van der Waals surface area contributed by atoms with E-state index in [1.54, 1.807) is 0 Å². The monoisotopic (exact) mass is 238 g/mol. The summed E-state index contributed by atoms with van der Waals surface area (Å²) in [7, 11) is 0. The molecule has 1 aromatic rings. The topological polar surface area (TPSA) is 65.2 Å². The molecular weight excluding hydrogens is 212 g/mol. The fourth-order valence-electron chi connectivity index (χ4n) is 1.93.